The van der Waals surface area contributed by atoms with Crippen LogP contribution in [0.2, 0.25) is 0 Å². The highest BCUT2D eigenvalue weighted by atomic mass is 16.5. The van der Waals surface area contributed by atoms with Crippen molar-refractivity contribution in [3.8, 4) is 0 Å². The van der Waals surface area contributed by atoms with Crippen LogP contribution in [0.1, 0.15) is 58.3 Å². The Morgan fingerprint density at radius 2 is 1.80 bits per heavy atom. The lowest BCUT2D eigenvalue weighted by atomic mass is 9.89. The molecule has 0 aromatic heterocycles. The van der Waals surface area contributed by atoms with E-state index in [0.29, 0.717) is 0 Å². The van der Waals surface area contributed by atoms with E-state index in [1.165, 1.54) is 44.6 Å². The summed E-state index contributed by atoms with van der Waals surface area (Å²) in [6, 6.07) is 0. The minimum Gasteiger partial charge on any atom is -0.411 e. The fourth-order valence-corrected chi connectivity index (χ4v) is 2.46. The summed E-state index contributed by atoms with van der Waals surface area (Å²) in [7, 11) is 0. The Morgan fingerprint density at radius 1 is 1.15 bits per heavy atom. The Morgan fingerprint density at radius 3 is 2.40 bits per heavy atom. The molecule has 0 aromatic rings. The van der Waals surface area contributed by atoms with Gasteiger partial charge < -0.3 is 15.4 Å². The van der Waals surface area contributed by atoms with Crippen molar-refractivity contribution >= 4 is 6.21 Å². The van der Waals surface area contributed by atoms with Crippen molar-refractivity contribution in [1.29, 1.82) is 0 Å². The predicted molar refractivity (Wildman–Crippen MR) is 80.8 cm³/mol. The first kappa shape index (κ1) is 16.9. The maximum absolute atomic E-state index is 9.86. The molecule has 4 nitrogen and oxygen atoms in total. The summed E-state index contributed by atoms with van der Waals surface area (Å²) in [5, 5.41) is 31.1. The molecule has 1 aliphatic rings. The molecule has 114 valence electrons. The van der Waals surface area contributed by atoms with Crippen LogP contribution in [-0.4, -0.2) is 27.4 Å². The molecule has 1 unspecified atom stereocenters. The van der Waals surface area contributed by atoms with Crippen LogP contribution in [-0.2, 0) is 0 Å². The molecule has 0 radical (unpaired) electrons. The molecule has 1 aliphatic carbocycles. The highest BCUT2D eigenvalue weighted by molar-refractivity contribution is 5.66. The smallest absolute Gasteiger partial charge is 0.194 e. The van der Waals surface area contributed by atoms with Gasteiger partial charge in [0.25, 0.3) is 0 Å². The van der Waals surface area contributed by atoms with Crippen LogP contribution >= 0.6 is 0 Å². The molecule has 0 saturated heterocycles. The van der Waals surface area contributed by atoms with Crippen LogP contribution < -0.4 is 0 Å². The Bertz CT molecular complexity index is 359. The second-order valence-corrected chi connectivity index (χ2v) is 5.52. The van der Waals surface area contributed by atoms with Gasteiger partial charge in [0.1, 0.15) is 0 Å². The molecule has 20 heavy (non-hydrogen) atoms. The van der Waals surface area contributed by atoms with Crippen molar-refractivity contribution in [2.24, 2.45) is 11.1 Å². The van der Waals surface area contributed by atoms with Crippen LogP contribution in [0.3, 0.4) is 0 Å². The van der Waals surface area contributed by atoms with Gasteiger partial charge >= 0.3 is 0 Å². The first-order chi connectivity index (χ1) is 9.60. The van der Waals surface area contributed by atoms with Crippen molar-refractivity contribution in [2.75, 3.05) is 0 Å². The highest BCUT2D eigenvalue weighted by Crippen LogP contribution is 2.26. The van der Waals surface area contributed by atoms with Gasteiger partial charge in [0.05, 0.1) is 12.1 Å². The quantitative estimate of drug-likeness (QED) is 0.199. The number of aliphatic hydroxyl groups is 2. The molecule has 0 aromatic carbocycles. The van der Waals surface area contributed by atoms with Gasteiger partial charge in [0, 0.05) is 0 Å². The van der Waals surface area contributed by atoms with Gasteiger partial charge in [-0.3, -0.25) is 0 Å². The summed E-state index contributed by atoms with van der Waals surface area (Å²) in [6.45, 7) is 2.21. The molecule has 0 saturated carbocycles. The normalized spacial score (nSPS) is 21.4. The number of rotatable bonds is 9. The van der Waals surface area contributed by atoms with Crippen LogP contribution in [0, 0.1) is 5.92 Å². The number of unbranched alkanes of at least 4 members (excludes halogenated alkanes) is 6. The summed E-state index contributed by atoms with van der Waals surface area (Å²) < 4.78 is 0. The monoisotopic (exact) mass is 281 g/mol. The van der Waals surface area contributed by atoms with E-state index in [4.69, 9.17) is 5.21 Å². The molecule has 1 rings (SSSR count). The summed E-state index contributed by atoms with van der Waals surface area (Å²) in [6.07, 6.45) is 15.7. The lowest BCUT2D eigenvalue weighted by molar-refractivity contribution is -0.132. The number of hydrogen-bond acceptors (Lipinski definition) is 4. The Labute approximate surface area is 121 Å². The number of hydrogen-bond donors (Lipinski definition) is 3. The predicted octanol–water partition coefficient (Wildman–Crippen LogP) is 3.38. The van der Waals surface area contributed by atoms with E-state index < -0.39 is 11.7 Å². The van der Waals surface area contributed by atoms with Crippen LogP contribution in [0.25, 0.3) is 0 Å². The van der Waals surface area contributed by atoms with E-state index in [0.717, 1.165) is 24.6 Å². The number of oxime groups is 1. The van der Waals surface area contributed by atoms with Crippen molar-refractivity contribution < 1.29 is 15.4 Å². The zero-order chi connectivity index (χ0) is 14.8. The third-order valence-corrected chi connectivity index (χ3v) is 3.70. The zero-order valence-electron chi connectivity index (χ0n) is 12.3. The van der Waals surface area contributed by atoms with Crippen molar-refractivity contribution in [2.45, 2.75) is 64.1 Å². The zero-order valence-corrected chi connectivity index (χ0v) is 12.3. The molecule has 3 N–H and O–H groups in total. The molecule has 0 fully saturated rings. The maximum atomic E-state index is 9.86. The molecular formula is C16H27NO3. The Kier molecular flexibility index (Phi) is 7.55. The van der Waals surface area contributed by atoms with Crippen molar-refractivity contribution in [3.05, 3.63) is 23.8 Å². The first-order valence-electron chi connectivity index (χ1n) is 7.62. The molecule has 4 heteroatoms. The number of nitrogens with zero attached hydrogens (tertiary/aromatic N) is 1. The fourth-order valence-electron chi connectivity index (χ4n) is 2.46. The third kappa shape index (κ3) is 5.88. The molecule has 0 heterocycles. The van der Waals surface area contributed by atoms with E-state index >= 15 is 0 Å². The van der Waals surface area contributed by atoms with Gasteiger partial charge in [-0.25, -0.2) is 0 Å². The van der Waals surface area contributed by atoms with Crippen LogP contribution in [0.15, 0.2) is 29.0 Å². The summed E-state index contributed by atoms with van der Waals surface area (Å²) in [4.78, 5) is 0. The Hall–Kier alpha value is -1.13. The second-order valence-electron chi connectivity index (χ2n) is 5.52. The molecule has 0 aliphatic heterocycles. The minimum absolute atomic E-state index is 0.690. The van der Waals surface area contributed by atoms with Crippen LogP contribution in [0.5, 0.6) is 0 Å². The molecule has 1 atom stereocenters. The van der Waals surface area contributed by atoms with Crippen molar-refractivity contribution in [1.82, 2.24) is 0 Å². The average Bonchev–Trinajstić information content (AvgIpc) is 2.40. The van der Waals surface area contributed by atoms with Gasteiger partial charge in [0.15, 0.2) is 5.79 Å². The highest BCUT2D eigenvalue weighted by Gasteiger charge is 2.32. The van der Waals surface area contributed by atoms with E-state index in [1.54, 1.807) is 6.08 Å². The lowest BCUT2D eigenvalue weighted by Crippen LogP contribution is -2.37. The first-order valence-corrected chi connectivity index (χ1v) is 7.62. The third-order valence-electron chi connectivity index (χ3n) is 3.70. The molecule has 0 bridgehead atoms. The molecule has 0 spiro atoms. The summed E-state index contributed by atoms with van der Waals surface area (Å²) in [5.41, 5.74) is 0.936. The molecule has 0 amide bonds. The lowest BCUT2D eigenvalue weighted by Gasteiger charge is -2.27. The standard InChI is InChI=1S/C16H27NO3/c1-2-3-4-5-6-7-8-9-14-10-11-15(13-17-20)16(18,19)12-14/h10-13,15,18-20H,2-9H2,1H3. The largest absolute Gasteiger partial charge is 0.411 e. The van der Waals surface area contributed by atoms with E-state index in [2.05, 4.69) is 12.1 Å². The van der Waals surface area contributed by atoms with Gasteiger partial charge in [-0.15, -0.1) is 5.16 Å². The summed E-state index contributed by atoms with van der Waals surface area (Å²) >= 11 is 0. The average molecular weight is 281 g/mol. The summed E-state index contributed by atoms with van der Waals surface area (Å²) in [5.74, 6) is -2.64. The van der Waals surface area contributed by atoms with Gasteiger partial charge in [-0.2, -0.15) is 0 Å². The van der Waals surface area contributed by atoms with Gasteiger partial charge in [0.2, 0.25) is 0 Å². The van der Waals surface area contributed by atoms with E-state index in [-0.39, 0.29) is 0 Å². The van der Waals surface area contributed by atoms with Crippen molar-refractivity contribution in [3.63, 3.8) is 0 Å². The van der Waals surface area contributed by atoms with Crippen LogP contribution in [0.4, 0.5) is 0 Å². The Balaban J connectivity index is 2.27. The second kappa shape index (κ2) is 8.93. The van der Waals surface area contributed by atoms with E-state index in [9.17, 15) is 10.2 Å². The maximum Gasteiger partial charge on any atom is 0.194 e. The minimum atomic E-state index is -1.95. The van der Waals surface area contributed by atoms with Gasteiger partial charge in [-0.05, 0) is 24.5 Å². The van der Waals surface area contributed by atoms with Gasteiger partial charge in [-0.1, -0.05) is 57.6 Å². The number of allylic oxidation sites excluding steroid dienone is 2. The SMILES string of the molecule is CCCCCCCCCC1=CC(O)(O)C(C=NO)C=C1. The molecular weight excluding hydrogens is 254 g/mol. The topological polar surface area (TPSA) is 73.0 Å². The van der Waals surface area contributed by atoms with E-state index in [1.807, 2.05) is 6.08 Å². The fraction of sp³-hybridized carbons (Fsp3) is 0.688.